The van der Waals surface area contributed by atoms with Crippen molar-refractivity contribution < 1.29 is 60.6 Å². The van der Waals surface area contributed by atoms with Crippen LogP contribution in [0.1, 0.15) is 80.8 Å². The van der Waals surface area contributed by atoms with Crippen LogP contribution in [0, 0.1) is 19.8 Å². The second-order valence-corrected chi connectivity index (χ2v) is 21.4. The molecule has 21 heteroatoms. The van der Waals surface area contributed by atoms with Crippen LogP contribution in [0.25, 0.3) is 0 Å². The molecule has 3 aromatic carbocycles. The fourth-order valence-corrected chi connectivity index (χ4v) is 9.01. The first-order chi connectivity index (χ1) is 31.3. The molecule has 1 saturated heterocycles. The van der Waals surface area contributed by atoms with Crippen molar-refractivity contribution in [2.24, 2.45) is 5.92 Å². The molecule has 67 heavy (non-hydrogen) atoms. The fraction of sp³-hybridized carbons (Fsp3) is 0.478. The zero-order valence-electron chi connectivity index (χ0n) is 39.1. The number of piperidine rings is 1. The number of benzene rings is 3. The van der Waals surface area contributed by atoms with Gasteiger partial charge in [0.2, 0.25) is 31.9 Å². The van der Waals surface area contributed by atoms with E-state index in [9.17, 15) is 55.8 Å². The molecule has 0 aliphatic carbocycles. The molecule has 1 fully saturated rings. The van der Waals surface area contributed by atoms with Crippen molar-refractivity contribution in [3.8, 4) is 0 Å². The van der Waals surface area contributed by atoms with Crippen LogP contribution in [0.15, 0.2) is 88.7 Å². The van der Waals surface area contributed by atoms with Crippen molar-refractivity contribution in [3.63, 3.8) is 0 Å². The molecule has 1 aliphatic heterocycles. The van der Waals surface area contributed by atoms with E-state index in [1.165, 1.54) is 38.4 Å². The first kappa shape index (κ1) is 55.4. The third kappa shape index (κ3) is 18.4. The number of amides is 4. The van der Waals surface area contributed by atoms with Crippen LogP contribution in [0.4, 0.5) is 4.79 Å². The number of rotatable bonds is 20. The average Bonchev–Trinajstić information content (AvgIpc) is 3.25. The van der Waals surface area contributed by atoms with Crippen molar-refractivity contribution in [2.45, 2.75) is 101 Å². The van der Waals surface area contributed by atoms with E-state index in [-0.39, 0.29) is 34.5 Å². The summed E-state index contributed by atoms with van der Waals surface area (Å²) in [5.74, 6) is -3.84. The van der Waals surface area contributed by atoms with Crippen LogP contribution < -0.4 is 16.0 Å². The summed E-state index contributed by atoms with van der Waals surface area (Å²) in [6, 6.07) is 19.2. The largest absolute Gasteiger partial charge is 0.480 e. The Bertz CT molecular complexity index is 2370. The van der Waals surface area contributed by atoms with Gasteiger partial charge in [-0.2, -0.15) is 8.61 Å². The molecule has 4 amide bonds. The topological polar surface area (TPSA) is 266 Å². The zero-order chi connectivity index (χ0) is 50.1. The fourth-order valence-electron chi connectivity index (χ4n) is 6.76. The highest BCUT2D eigenvalue weighted by Gasteiger charge is 2.31. The molecule has 5 N–H and O–H groups in total. The van der Waals surface area contributed by atoms with Gasteiger partial charge in [0.1, 0.15) is 17.7 Å². The number of carbonyl (C=O) groups is 6. The lowest BCUT2D eigenvalue weighted by Gasteiger charge is -2.33. The number of alkyl carbamates (subject to hydrolysis) is 1. The summed E-state index contributed by atoms with van der Waals surface area (Å²) in [5, 5.41) is 26.4. The van der Waals surface area contributed by atoms with E-state index in [4.69, 9.17) is 4.74 Å². The highest BCUT2D eigenvalue weighted by molar-refractivity contribution is 7.89. The second-order valence-electron chi connectivity index (χ2n) is 17.3. The van der Waals surface area contributed by atoms with Gasteiger partial charge in [-0.1, -0.05) is 53.6 Å². The van der Waals surface area contributed by atoms with Gasteiger partial charge in [0.15, 0.2) is 0 Å². The summed E-state index contributed by atoms with van der Waals surface area (Å²) in [4.78, 5) is 74.1. The number of likely N-dealkylation sites (N-methyl/N-ethyl adjacent to an activating group) is 2. The molecule has 368 valence electrons. The molecule has 3 aromatic rings. The summed E-state index contributed by atoms with van der Waals surface area (Å²) in [7, 11) is -5.22. The lowest BCUT2D eigenvalue weighted by molar-refractivity contribution is -0.142. The minimum Gasteiger partial charge on any atom is -0.480 e. The number of aliphatic carboxylic acids is 2. The number of hydrogen-bond donors (Lipinski definition) is 5. The quantitative estimate of drug-likeness (QED) is 0.100. The van der Waals surface area contributed by atoms with E-state index in [1.807, 2.05) is 32.0 Å². The van der Waals surface area contributed by atoms with Crippen molar-refractivity contribution in [2.75, 3.05) is 46.8 Å². The molecule has 2 atom stereocenters. The van der Waals surface area contributed by atoms with Gasteiger partial charge in [-0.15, -0.1) is 0 Å². The molecule has 19 nitrogen and oxygen atoms in total. The van der Waals surface area contributed by atoms with Gasteiger partial charge in [-0.3, -0.25) is 14.4 Å². The van der Waals surface area contributed by atoms with Crippen LogP contribution in [0.5, 0.6) is 0 Å². The SMILES string of the molecule is Cc1ccc(S(=O)(=O)N(C)CC(=O)NC(CC2CCN(C(=O)c3ccccc3)CC2)C(=O)O)cc1.Cc1ccc(S(=O)(=O)N(C)CC(=O)N[C@@H](CCCCNC(=O)OC(C)(C)C)C(=O)O)cc1. The number of ether oxygens (including phenoxy) is 1. The smallest absolute Gasteiger partial charge is 0.407 e. The number of carboxylic acids is 2. The Morgan fingerprint density at radius 2 is 1.15 bits per heavy atom. The Labute approximate surface area is 393 Å². The van der Waals surface area contributed by atoms with Crippen LogP contribution in [-0.4, -0.2) is 141 Å². The van der Waals surface area contributed by atoms with E-state index in [0.717, 1.165) is 19.7 Å². The molecule has 1 aliphatic rings. The minimum atomic E-state index is -3.88. The van der Waals surface area contributed by atoms with Crippen LogP contribution >= 0.6 is 0 Å². The highest BCUT2D eigenvalue weighted by Crippen LogP contribution is 2.24. The van der Waals surface area contributed by atoms with Gasteiger partial charge in [-0.25, -0.2) is 31.2 Å². The number of unbranched alkanes of at least 4 members (excludes halogenated alkanes) is 1. The Morgan fingerprint density at radius 1 is 0.701 bits per heavy atom. The first-order valence-electron chi connectivity index (χ1n) is 21.7. The molecule has 4 rings (SSSR count). The van der Waals surface area contributed by atoms with E-state index in [2.05, 4.69) is 16.0 Å². The van der Waals surface area contributed by atoms with Crippen molar-refractivity contribution in [3.05, 3.63) is 95.6 Å². The van der Waals surface area contributed by atoms with Crippen molar-refractivity contribution in [1.29, 1.82) is 0 Å². The molecular weight excluding hydrogens is 909 g/mol. The third-order valence-electron chi connectivity index (χ3n) is 10.5. The number of likely N-dealkylation sites (tertiary alicyclic amines) is 1. The van der Waals surface area contributed by atoms with E-state index in [0.29, 0.717) is 50.9 Å². The number of nitrogens with one attached hydrogen (secondary N) is 3. The normalized spacial score (nSPS) is 14.3. The number of aryl methyl sites for hydroxylation is 2. The number of carbonyl (C=O) groups excluding carboxylic acids is 4. The molecule has 1 heterocycles. The van der Waals surface area contributed by atoms with Gasteiger partial charge in [-0.05, 0) is 115 Å². The first-order valence-corrected chi connectivity index (χ1v) is 24.6. The van der Waals surface area contributed by atoms with Crippen molar-refractivity contribution in [1.82, 2.24) is 29.5 Å². The summed E-state index contributed by atoms with van der Waals surface area (Å²) in [5.41, 5.74) is 1.81. The number of carboxylic acid groups (broad SMARTS) is 2. The number of nitrogens with zero attached hydrogens (tertiary/aromatic N) is 3. The third-order valence-corrected chi connectivity index (χ3v) is 14.2. The van der Waals surface area contributed by atoms with Gasteiger partial charge in [0.25, 0.3) is 5.91 Å². The monoisotopic (exact) mass is 972 g/mol. The number of sulfonamides is 2. The van der Waals surface area contributed by atoms with Crippen molar-refractivity contribution >= 4 is 55.8 Å². The minimum absolute atomic E-state index is 0.0187. The lowest BCUT2D eigenvalue weighted by atomic mass is 9.90. The summed E-state index contributed by atoms with van der Waals surface area (Å²) in [6.45, 7) is 9.21. The molecule has 0 spiro atoms. The maximum Gasteiger partial charge on any atom is 0.407 e. The van der Waals surface area contributed by atoms with Crippen LogP contribution in [0.3, 0.4) is 0 Å². The maximum atomic E-state index is 12.7. The summed E-state index contributed by atoms with van der Waals surface area (Å²) < 4.78 is 57.4. The maximum absolute atomic E-state index is 12.7. The molecule has 0 bridgehead atoms. The van der Waals surface area contributed by atoms with E-state index < -0.39 is 80.7 Å². The Kier molecular flexibility index (Phi) is 20.9. The Balaban J connectivity index is 0.000000357. The Morgan fingerprint density at radius 3 is 1.58 bits per heavy atom. The summed E-state index contributed by atoms with van der Waals surface area (Å²) in [6.07, 6.45) is 1.94. The number of hydrogen-bond acceptors (Lipinski definition) is 11. The zero-order valence-corrected chi connectivity index (χ0v) is 40.7. The van der Waals surface area contributed by atoms with Gasteiger partial charge >= 0.3 is 18.0 Å². The molecule has 1 unspecified atom stereocenters. The molecule has 0 radical (unpaired) electrons. The van der Waals surface area contributed by atoms with Crippen LogP contribution in [-0.2, 0) is 44.0 Å². The van der Waals surface area contributed by atoms with Crippen LogP contribution in [0.2, 0.25) is 0 Å². The van der Waals surface area contributed by atoms with Gasteiger partial charge < -0.3 is 35.8 Å². The average molecular weight is 973 g/mol. The highest BCUT2D eigenvalue weighted by atomic mass is 32.2. The predicted octanol–water partition coefficient (Wildman–Crippen LogP) is 4.01. The standard InChI is InChI=1S/C25H31N3O6S.C21H33N3O7S/c1-18-8-10-21(11-9-18)35(33,34)27(2)17-23(29)26-22(25(31)32)16-19-12-14-28(15-13-19)24(30)20-6-4-3-5-7-20;1-15-9-11-16(12-10-15)32(29,30)24(5)14-18(25)23-17(19(26)27)8-6-7-13-22-20(28)31-21(2,3)4/h3-11,19,22H,12-17H2,1-2H3,(H,26,29)(H,31,32);9-12,17H,6-8,13-14H2,1-5H3,(H,22,28)(H,23,25)(H,26,27)/t;17-/m.0/s1. The lowest BCUT2D eigenvalue weighted by Crippen LogP contribution is -2.47. The molecule has 0 aromatic heterocycles. The van der Waals surface area contributed by atoms with Gasteiger partial charge in [0, 0.05) is 39.3 Å². The van der Waals surface area contributed by atoms with E-state index in [1.54, 1.807) is 62.1 Å². The Hall–Kier alpha value is -5.90. The molecule has 0 saturated carbocycles. The molecular formula is C46H64N6O13S2. The predicted molar refractivity (Wildman–Crippen MR) is 249 cm³/mol. The second kappa shape index (κ2) is 25.3. The van der Waals surface area contributed by atoms with Gasteiger partial charge in [0.05, 0.1) is 22.9 Å². The summed E-state index contributed by atoms with van der Waals surface area (Å²) >= 11 is 0. The van der Waals surface area contributed by atoms with E-state index >= 15 is 0 Å².